The number of hydrogen-bond donors (Lipinski definition) is 1. The predicted octanol–water partition coefficient (Wildman–Crippen LogP) is 3.28. The Morgan fingerprint density at radius 2 is 2.00 bits per heavy atom. The van der Waals surface area contributed by atoms with E-state index in [1.165, 1.54) is 12.1 Å². The number of nitrogens with zero attached hydrogens (tertiary/aromatic N) is 2. The molecule has 0 bridgehead atoms. The van der Waals surface area contributed by atoms with Crippen LogP contribution in [0.25, 0.3) is 10.9 Å². The van der Waals surface area contributed by atoms with E-state index in [1.54, 1.807) is 12.1 Å². The summed E-state index contributed by atoms with van der Waals surface area (Å²) in [6, 6.07) is 14.1. The molecule has 3 rings (SSSR count). The van der Waals surface area contributed by atoms with Gasteiger partial charge < -0.3 is 10.3 Å². The lowest BCUT2D eigenvalue weighted by Crippen LogP contribution is -1.99. The number of nitriles is 1. The van der Waals surface area contributed by atoms with Crippen LogP contribution in [-0.4, -0.2) is 4.57 Å². The maximum atomic E-state index is 13.3. The molecule has 2 aromatic carbocycles. The van der Waals surface area contributed by atoms with Crippen LogP contribution in [0.4, 0.5) is 10.1 Å². The Kier molecular flexibility index (Phi) is 2.88. The quantitative estimate of drug-likeness (QED) is 0.723. The van der Waals surface area contributed by atoms with Crippen LogP contribution in [0.1, 0.15) is 11.1 Å². The van der Waals surface area contributed by atoms with Crippen LogP contribution in [0.5, 0.6) is 0 Å². The SMILES string of the molecule is N#Cc1ccc2c(ccn2Cc2cc(N)cc(F)c2)c1. The first-order valence-corrected chi connectivity index (χ1v) is 6.19. The standard InChI is InChI=1S/C16H12FN3/c17-14-6-12(7-15(19)8-14)10-20-4-3-13-5-11(9-18)1-2-16(13)20/h1-8H,10,19H2. The number of anilines is 1. The van der Waals surface area contributed by atoms with Crippen molar-refractivity contribution >= 4 is 16.6 Å². The zero-order valence-electron chi connectivity index (χ0n) is 10.7. The van der Waals surface area contributed by atoms with E-state index < -0.39 is 0 Å². The number of aromatic nitrogens is 1. The second-order valence-electron chi connectivity index (χ2n) is 4.72. The monoisotopic (exact) mass is 265 g/mol. The first-order chi connectivity index (χ1) is 9.65. The van der Waals surface area contributed by atoms with Gasteiger partial charge in [-0.1, -0.05) is 0 Å². The van der Waals surface area contributed by atoms with Crippen molar-refractivity contribution in [2.24, 2.45) is 0 Å². The summed E-state index contributed by atoms with van der Waals surface area (Å²) in [5, 5.41) is 9.88. The van der Waals surface area contributed by atoms with Crippen LogP contribution < -0.4 is 5.73 Å². The molecule has 0 saturated heterocycles. The highest BCUT2D eigenvalue weighted by Crippen LogP contribution is 2.20. The molecule has 0 atom stereocenters. The van der Waals surface area contributed by atoms with Crippen LogP contribution >= 0.6 is 0 Å². The lowest BCUT2D eigenvalue weighted by molar-refractivity contribution is 0.625. The second-order valence-corrected chi connectivity index (χ2v) is 4.72. The predicted molar refractivity (Wildman–Crippen MR) is 76.6 cm³/mol. The van der Waals surface area contributed by atoms with Gasteiger partial charge in [-0.05, 0) is 48.0 Å². The zero-order chi connectivity index (χ0) is 14.1. The molecule has 0 unspecified atom stereocenters. The summed E-state index contributed by atoms with van der Waals surface area (Å²) in [5.74, 6) is -0.330. The van der Waals surface area contributed by atoms with E-state index >= 15 is 0 Å². The topological polar surface area (TPSA) is 54.7 Å². The molecule has 0 aliphatic carbocycles. The minimum Gasteiger partial charge on any atom is -0.399 e. The number of benzene rings is 2. The fourth-order valence-corrected chi connectivity index (χ4v) is 2.37. The fourth-order valence-electron chi connectivity index (χ4n) is 2.37. The number of hydrogen-bond acceptors (Lipinski definition) is 2. The van der Waals surface area contributed by atoms with Crippen molar-refractivity contribution < 1.29 is 4.39 Å². The summed E-state index contributed by atoms with van der Waals surface area (Å²) < 4.78 is 15.3. The van der Waals surface area contributed by atoms with Crippen molar-refractivity contribution in [3.05, 3.63) is 65.6 Å². The first-order valence-electron chi connectivity index (χ1n) is 6.19. The van der Waals surface area contributed by atoms with Gasteiger partial charge in [0.2, 0.25) is 0 Å². The third-order valence-corrected chi connectivity index (χ3v) is 3.23. The summed E-state index contributed by atoms with van der Waals surface area (Å²) in [7, 11) is 0. The van der Waals surface area contributed by atoms with Crippen molar-refractivity contribution in [1.29, 1.82) is 5.26 Å². The maximum Gasteiger partial charge on any atom is 0.125 e. The lowest BCUT2D eigenvalue weighted by Gasteiger charge is -2.07. The Bertz CT molecular complexity index is 807. The van der Waals surface area contributed by atoms with Gasteiger partial charge in [0.1, 0.15) is 5.82 Å². The molecule has 20 heavy (non-hydrogen) atoms. The van der Waals surface area contributed by atoms with Gasteiger partial charge in [0.05, 0.1) is 11.6 Å². The van der Waals surface area contributed by atoms with Gasteiger partial charge in [0.15, 0.2) is 0 Å². The smallest absolute Gasteiger partial charge is 0.125 e. The molecule has 0 amide bonds. The van der Waals surface area contributed by atoms with Crippen molar-refractivity contribution in [3.8, 4) is 6.07 Å². The van der Waals surface area contributed by atoms with Crippen LogP contribution in [0.15, 0.2) is 48.7 Å². The summed E-state index contributed by atoms with van der Waals surface area (Å²) in [5.41, 5.74) is 8.52. The first kappa shape index (κ1) is 12.2. The van der Waals surface area contributed by atoms with Gasteiger partial charge in [-0.25, -0.2) is 4.39 Å². The van der Waals surface area contributed by atoms with Crippen LogP contribution in [0, 0.1) is 17.1 Å². The van der Waals surface area contributed by atoms with Gasteiger partial charge in [-0.15, -0.1) is 0 Å². The van der Waals surface area contributed by atoms with E-state index in [-0.39, 0.29) is 5.82 Å². The Morgan fingerprint density at radius 1 is 1.15 bits per heavy atom. The maximum absolute atomic E-state index is 13.3. The normalized spacial score (nSPS) is 10.6. The molecule has 1 aromatic heterocycles. The minimum atomic E-state index is -0.330. The Labute approximate surface area is 115 Å². The number of fused-ring (bicyclic) bond motifs is 1. The van der Waals surface area contributed by atoms with Crippen LogP contribution in [0.2, 0.25) is 0 Å². The fraction of sp³-hybridized carbons (Fsp3) is 0.0625. The van der Waals surface area contributed by atoms with Gasteiger partial charge in [-0.2, -0.15) is 5.26 Å². The lowest BCUT2D eigenvalue weighted by atomic mass is 10.1. The average Bonchev–Trinajstić information content (AvgIpc) is 2.80. The Morgan fingerprint density at radius 3 is 2.75 bits per heavy atom. The van der Waals surface area contributed by atoms with Crippen LogP contribution in [-0.2, 0) is 6.54 Å². The molecule has 98 valence electrons. The number of nitrogen functional groups attached to an aromatic ring is 1. The molecule has 1 heterocycles. The molecule has 0 spiro atoms. The summed E-state index contributed by atoms with van der Waals surface area (Å²) in [6.07, 6.45) is 1.92. The summed E-state index contributed by atoms with van der Waals surface area (Å²) >= 11 is 0. The molecule has 3 nitrogen and oxygen atoms in total. The van der Waals surface area contributed by atoms with E-state index in [0.717, 1.165) is 16.5 Å². The molecular weight excluding hydrogens is 253 g/mol. The third-order valence-electron chi connectivity index (χ3n) is 3.23. The van der Waals surface area contributed by atoms with E-state index in [1.807, 2.05) is 29.0 Å². The number of rotatable bonds is 2. The third kappa shape index (κ3) is 2.21. The van der Waals surface area contributed by atoms with E-state index in [2.05, 4.69) is 6.07 Å². The van der Waals surface area contributed by atoms with E-state index in [9.17, 15) is 4.39 Å². The van der Waals surface area contributed by atoms with Gasteiger partial charge in [0.25, 0.3) is 0 Å². The highest BCUT2D eigenvalue weighted by molar-refractivity contribution is 5.81. The Balaban J connectivity index is 2.01. The van der Waals surface area contributed by atoms with Gasteiger partial charge >= 0.3 is 0 Å². The van der Waals surface area contributed by atoms with Crippen molar-refractivity contribution in [2.75, 3.05) is 5.73 Å². The van der Waals surface area contributed by atoms with Gasteiger partial charge in [0, 0.05) is 29.3 Å². The van der Waals surface area contributed by atoms with Crippen molar-refractivity contribution in [2.45, 2.75) is 6.54 Å². The molecule has 0 aliphatic heterocycles. The molecular formula is C16H12FN3. The molecule has 2 N–H and O–H groups in total. The molecule has 0 saturated carbocycles. The van der Waals surface area contributed by atoms with Crippen molar-refractivity contribution in [1.82, 2.24) is 4.57 Å². The molecule has 0 aliphatic rings. The Hall–Kier alpha value is -2.80. The number of halogens is 1. The number of nitrogens with two attached hydrogens (primary N) is 1. The van der Waals surface area contributed by atoms with E-state index in [4.69, 9.17) is 11.0 Å². The zero-order valence-corrected chi connectivity index (χ0v) is 10.7. The molecule has 3 aromatic rings. The molecule has 4 heteroatoms. The molecule has 0 fully saturated rings. The molecule has 0 radical (unpaired) electrons. The minimum absolute atomic E-state index is 0.330. The average molecular weight is 265 g/mol. The summed E-state index contributed by atoms with van der Waals surface area (Å²) in [4.78, 5) is 0. The second kappa shape index (κ2) is 4.71. The largest absolute Gasteiger partial charge is 0.399 e. The highest BCUT2D eigenvalue weighted by atomic mass is 19.1. The van der Waals surface area contributed by atoms with E-state index in [0.29, 0.717) is 17.8 Å². The van der Waals surface area contributed by atoms with Gasteiger partial charge in [-0.3, -0.25) is 0 Å². The van der Waals surface area contributed by atoms with Crippen molar-refractivity contribution in [3.63, 3.8) is 0 Å². The summed E-state index contributed by atoms with van der Waals surface area (Å²) in [6.45, 7) is 0.539. The highest BCUT2D eigenvalue weighted by Gasteiger charge is 2.04. The van der Waals surface area contributed by atoms with Crippen LogP contribution in [0.3, 0.4) is 0 Å².